The van der Waals surface area contributed by atoms with Crippen LogP contribution in [0.25, 0.3) is 0 Å². The molecule has 0 bridgehead atoms. The number of nitrogens with zero attached hydrogens (tertiary/aromatic N) is 3. The van der Waals surface area contributed by atoms with E-state index in [1.165, 1.54) is 17.7 Å². The van der Waals surface area contributed by atoms with Crippen LogP contribution >= 0.6 is 0 Å². The number of anilines is 1. The maximum atomic E-state index is 13.5. The van der Waals surface area contributed by atoms with E-state index in [4.69, 9.17) is 0 Å². The van der Waals surface area contributed by atoms with Crippen LogP contribution in [0.1, 0.15) is 30.3 Å². The molecule has 1 aliphatic heterocycles. The third kappa shape index (κ3) is 3.92. The van der Waals surface area contributed by atoms with Gasteiger partial charge in [0.1, 0.15) is 5.82 Å². The summed E-state index contributed by atoms with van der Waals surface area (Å²) in [6.07, 6.45) is 5.62. The van der Waals surface area contributed by atoms with Gasteiger partial charge in [0.2, 0.25) is 0 Å². The van der Waals surface area contributed by atoms with Crippen molar-refractivity contribution in [2.24, 2.45) is 7.05 Å². The Morgan fingerprint density at radius 3 is 2.43 bits per heavy atom. The zero-order valence-corrected chi connectivity index (χ0v) is 15.9. The summed E-state index contributed by atoms with van der Waals surface area (Å²) in [4.78, 5) is 6.66. The van der Waals surface area contributed by atoms with Crippen molar-refractivity contribution < 1.29 is 8.78 Å². The number of hydrogen-bond acceptors (Lipinski definition) is 3. The molecule has 3 aromatic rings. The van der Waals surface area contributed by atoms with Gasteiger partial charge in [0.25, 0.3) is 0 Å². The van der Waals surface area contributed by atoms with Crippen LogP contribution in [-0.4, -0.2) is 28.7 Å². The van der Waals surface area contributed by atoms with Crippen LogP contribution < -0.4 is 10.2 Å². The number of rotatable bonds is 5. The molecule has 0 spiro atoms. The first-order valence-corrected chi connectivity index (χ1v) is 9.60. The lowest BCUT2D eigenvalue weighted by Crippen LogP contribution is -2.44. The normalized spacial score (nSPS) is 16.3. The van der Waals surface area contributed by atoms with Crippen molar-refractivity contribution in [2.75, 3.05) is 18.0 Å². The van der Waals surface area contributed by atoms with Gasteiger partial charge in [-0.3, -0.25) is 0 Å². The summed E-state index contributed by atoms with van der Waals surface area (Å²) in [5.41, 5.74) is 1.92. The number of imidazole rings is 1. The number of halogens is 2. The van der Waals surface area contributed by atoms with E-state index in [9.17, 15) is 8.78 Å². The van der Waals surface area contributed by atoms with Crippen LogP contribution in [0.15, 0.2) is 60.9 Å². The average Bonchev–Trinajstić information content (AvgIpc) is 3.15. The van der Waals surface area contributed by atoms with Gasteiger partial charge in [-0.05, 0) is 30.5 Å². The summed E-state index contributed by atoms with van der Waals surface area (Å²) in [7, 11) is 2.01. The predicted octanol–water partition coefficient (Wildman–Crippen LogP) is 4.05. The summed E-state index contributed by atoms with van der Waals surface area (Å²) >= 11 is 0. The lowest BCUT2D eigenvalue weighted by molar-refractivity contribution is 0.381. The fraction of sp³-hybridized carbons (Fsp3) is 0.318. The Hall–Kier alpha value is -2.73. The van der Waals surface area contributed by atoms with Gasteiger partial charge < -0.3 is 14.8 Å². The minimum absolute atomic E-state index is 0.0148. The monoisotopic (exact) mass is 382 g/mol. The lowest BCUT2D eigenvalue weighted by Gasteiger charge is -2.36. The molecule has 0 amide bonds. The zero-order valence-electron chi connectivity index (χ0n) is 15.9. The van der Waals surface area contributed by atoms with Gasteiger partial charge in [-0.15, -0.1) is 0 Å². The first kappa shape index (κ1) is 18.6. The maximum absolute atomic E-state index is 13.5. The molecule has 4 nitrogen and oxygen atoms in total. The molecule has 1 fully saturated rings. The molecule has 1 unspecified atom stereocenters. The summed E-state index contributed by atoms with van der Waals surface area (Å²) in [5, 5.41) is 3.76. The highest BCUT2D eigenvalue weighted by Gasteiger charge is 2.25. The molecule has 28 heavy (non-hydrogen) atoms. The largest absolute Gasteiger partial charge is 0.371 e. The Morgan fingerprint density at radius 2 is 1.79 bits per heavy atom. The van der Waals surface area contributed by atoms with Gasteiger partial charge in [-0.1, -0.05) is 30.3 Å². The molecule has 1 aliphatic rings. The van der Waals surface area contributed by atoms with Crippen molar-refractivity contribution in [3.63, 3.8) is 0 Å². The third-order valence-corrected chi connectivity index (χ3v) is 5.42. The Bertz CT molecular complexity index is 917. The van der Waals surface area contributed by atoms with Gasteiger partial charge in [-0.25, -0.2) is 13.8 Å². The number of hydrogen-bond donors (Lipinski definition) is 1. The Labute approximate surface area is 163 Å². The van der Waals surface area contributed by atoms with Crippen LogP contribution in [-0.2, 0) is 7.05 Å². The van der Waals surface area contributed by atoms with E-state index in [0.717, 1.165) is 37.4 Å². The fourth-order valence-electron chi connectivity index (χ4n) is 3.84. The third-order valence-electron chi connectivity index (χ3n) is 5.42. The summed E-state index contributed by atoms with van der Waals surface area (Å²) < 4.78 is 28.8. The Kier molecular flexibility index (Phi) is 5.39. The number of aryl methyl sites for hydroxylation is 1. The van der Waals surface area contributed by atoms with Crippen molar-refractivity contribution in [1.82, 2.24) is 14.9 Å². The Balaban J connectivity index is 1.46. The van der Waals surface area contributed by atoms with Crippen LogP contribution in [0.4, 0.5) is 14.5 Å². The molecule has 1 atom stereocenters. The summed E-state index contributed by atoms with van der Waals surface area (Å²) in [6.45, 7) is 1.59. The second kappa shape index (κ2) is 8.10. The van der Waals surface area contributed by atoms with Crippen LogP contribution in [0.3, 0.4) is 0 Å². The van der Waals surface area contributed by atoms with Gasteiger partial charge in [-0.2, -0.15) is 0 Å². The van der Waals surface area contributed by atoms with E-state index < -0.39 is 11.6 Å². The molecule has 0 radical (unpaired) electrons. The van der Waals surface area contributed by atoms with Crippen molar-refractivity contribution in [3.8, 4) is 0 Å². The van der Waals surface area contributed by atoms with Crippen molar-refractivity contribution in [3.05, 3.63) is 83.9 Å². The highest BCUT2D eigenvalue weighted by molar-refractivity contribution is 5.47. The summed E-state index contributed by atoms with van der Waals surface area (Å²) in [6, 6.07) is 14.8. The van der Waals surface area contributed by atoms with Crippen molar-refractivity contribution in [2.45, 2.75) is 24.9 Å². The first-order chi connectivity index (χ1) is 13.6. The standard InChI is InChI=1S/C22H24F2N4/c1-27-14-11-25-22(27)21(16-5-3-2-4-6-16)26-17-9-12-28(13-10-17)18-7-8-19(23)20(24)15-18/h2-8,11,14-15,17,21,26H,9-10,12-13H2,1H3. The van der Waals surface area contributed by atoms with E-state index >= 15 is 0 Å². The van der Waals surface area contributed by atoms with Gasteiger partial charge in [0.15, 0.2) is 11.6 Å². The quantitative estimate of drug-likeness (QED) is 0.723. The van der Waals surface area contributed by atoms with Crippen molar-refractivity contribution >= 4 is 5.69 Å². The molecule has 0 saturated carbocycles. The van der Waals surface area contributed by atoms with Crippen LogP contribution in [0.2, 0.25) is 0 Å². The van der Waals surface area contributed by atoms with E-state index in [1.54, 1.807) is 6.07 Å². The molecule has 0 aliphatic carbocycles. The van der Waals surface area contributed by atoms with Gasteiger partial charge >= 0.3 is 0 Å². The molecule has 2 aromatic carbocycles. The number of nitrogens with one attached hydrogen (secondary N) is 1. The number of aromatic nitrogens is 2. The SMILES string of the molecule is Cn1ccnc1C(NC1CCN(c2ccc(F)c(F)c2)CC1)c1ccccc1. The van der Waals surface area contributed by atoms with E-state index in [1.807, 2.05) is 42.2 Å². The predicted molar refractivity (Wildman–Crippen MR) is 106 cm³/mol. The second-order valence-corrected chi connectivity index (χ2v) is 7.27. The van der Waals surface area contributed by atoms with Gasteiger partial charge in [0, 0.05) is 50.3 Å². The molecule has 6 heteroatoms. The molecule has 2 heterocycles. The summed E-state index contributed by atoms with van der Waals surface area (Å²) in [5.74, 6) is -0.619. The first-order valence-electron chi connectivity index (χ1n) is 9.60. The molecule has 1 saturated heterocycles. The fourth-order valence-corrected chi connectivity index (χ4v) is 3.84. The lowest BCUT2D eigenvalue weighted by atomic mass is 9.99. The Morgan fingerprint density at radius 1 is 1.04 bits per heavy atom. The molecule has 4 rings (SSSR count). The molecule has 1 N–H and O–H groups in total. The van der Waals surface area contributed by atoms with Crippen molar-refractivity contribution in [1.29, 1.82) is 0 Å². The minimum Gasteiger partial charge on any atom is -0.371 e. The average molecular weight is 382 g/mol. The topological polar surface area (TPSA) is 33.1 Å². The number of benzene rings is 2. The van der Waals surface area contributed by atoms with E-state index in [-0.39, 0.29) is 6.04 Å². The molecular weight excluding hydrogens is 358 g/mol. The van der Waals surface area contributed by atoms with Crippen LogP contribution in [0, 0.1) is 11.6 Å². The smallest absolute Gasteiger partial charge is 0.160 e. The second-order valence-electron chi connectivity index (χ2n) is 7.27. The zero-order chi connectivity index (χ0) is 19.5. The van der Waals surface area contributed by atoms with E-state index in [0.29, 0.717) is 6.04 Å². The molecule has 1 aromatic heterocycles. The van der Waals surface area contributed by atoms with Crippen LogP contribution in [0.5, 0.6) is 0 Å². The van der Waals surface area contributed by atoms with E-state index in [2.05, 4.69) is 27.3 Å². The highest BCUT2D eigenvalue weighted by atomic mass is 19.2. The molecular formula is C22H24F2N4. The maximum Gasteiger partial charge on any atom is 0.160 e. The molecule has 146 valence electrons. The number of piperidine rings is 1. The van der Waals surface area contributed by atoms with Gasteiger partial charge in [0.05, 0.1) is 6.04 Å². The highest BCUT2D eigenvalue weighted by Crippen LogP contribution is 2.26. The minimum atomic E-state index is -0.805.